The normalized spacial score (nSPS) is 16.2. The van der Waals surface area contributed by atoms with E-state index in [-0.39, 0.29) is 34.7 Å². The fourth-order valence-corrected chi connectivity index (χ4v) is 2.14. The van der Waals surface area contributed by atoms with E-state index in [1.807, 2.05) is 27.7 Å². The second kappa shape index (κ2) is 7.62. The van der Waals surface area contributed by atoms with Crippen molar-refractivity contribution >= 4 is 5.97 Å². The molecule has 2 atom stereocenters. The number of hydrogen-bond donors (Lipinski definition) is 0. The Morgan fingerprint density at radius 1 is 0.952 bits per heavy atom. The van der Waals surface area contributed by atoms with E-state index in [0.29, 0.717) is 0 Å². The van der Waals surface area contributed by atoms with Gasteiger partial charge in [-0.2, -0.15) is 0 Å². The molecule has 0 aromatic carbocycles. The Labute approximate surface area is 131 Å². The lowest BCUT2D eigenvalue weighted by Gasteiger charge is -2.35. The third-order valence-corrected chi connectivity index (χ3v) is 3.33. The molecule has 2 unspecified atom stereocenters. The van der Waals surface area contributed by atoms with E-state index in [2.05, 4.69) is 41.5 Å². The molecule has 0 amide bonds. The number of hydrogen-bond acceptors (Lipinski definition) is 3. The van der Waals surface area contributed by atoms with Crippen molar-refractivity contribution in [1.29, 1.82) is 0 Å². The maximum Gasteiger partial charge on any atom is 0.311 e. The molecule has 0 spiro atoms. The summed E-state index contributed by atoms with van der Waals surface area (Å²) in [6.07, 6.45) is 0.380. The highest BCUT2D eigenvalue weighted by molar-refractivity contribution is 5.73. The molecule has 0 aliphatic carbocycles. The fraction of sp³-hybridized carbons (Fsp3) is 0.944. The fourth-order valence-electron chi connectivity index (χ4n) is 2.14. The third kappa shape index (κ3) is 8.45. The number of rotatable bonds is 6. The average molecular weight is 300 g/mol. The van der Waals surface area contributed by atoms with Crippen molar-refractivity contribution in [3.8, 4) is 0 Å². The SMILES string of the molecule is CC(C)OC(OC(=O)C(CC(C)(C)C)C(C)(C)C)C(C)C. The van der Waals surface area contributed by atoms with Crippen LogP contribution in [0.5, 0.6) is 0 Å². The van der Waals surface area contributed by atoms with Gasteiger partial charge in [-0.3, -0.25) is 4.79 Å². The van der Waals surface area contributed by atoms with Gasteiger partial charge in [0, 0.05) is 5.92 Å². The van der Waals surface area contributed by atoms with Gasteiger partial charge in [-0.15, -0.1) is 0 Å². The van der Waals surface area contributed by atoms with Crippen LogP contribution in [0.15, 0.2) is 0 Å². The highest BCUT2D eigenvalue weighted by Crippen LogP contribution is 2.37. The minimum atomic E-state index is -0.470. The van der Waals surface area contributed by atoms with Gasteiger partial charge < -0.3 is 9.47 Å². The predicted molar refractivity (Wildman–Crippen MR) is 88.0 cm³/mol. The second-order valence-corrected chi connectivity index (χ2v) is 8.92. The lowest BCUT2D eigenvalue weighted by molar-refractivity contribution is -0.205. The number of esters is 1. The maximum atomic E-state index is 12.7. The molecule has 0 aliphatic heterocycles. The maximum absolute atomic E-state index is 12.7. The van der Waals surface area contributed by atoms with E-state index in [9.17, 15) is 4.79 Å². The third-order valence-electron chi connectivity index (χ3n) is 3.33. The Morgan fingerprint density at radius 2 is 1.43 bits per heavy atom. The second-order valence-electron chi connectivity index (χ2n) is 8.92. The van der Waals surface area contributed by atoms with Gasteiger partial charge in [-0.25, -0.2) is 0 Å². The molecule has 0 rings (SSSR count). The highest BCUT2D eigenvalue weighted by Gasteiger charge is 2.37. The molecule has 21 heavy (non-hydrogen) atoms. The van der Waals surface area contributed by atoms with Gasteiger partial charge in [0.05, 0.1) is 12.0 Å². The summed E-state index contributed by atoms with van der Waals surface area (Å²) in [5.41, 5.74) is -0.0348. The van der Waals surface area contributed by atoms with Gasteiger partial charge in [0.2, 0.25) is 6.29 Å². The lowest BCUT2D eigenvalue weighted by Crippen LogP contribution is -2.38. The molecule has 0 saturated heterocycles. The van der Waals surface area contributed by atoms with Gasteiger partial charge >= 0.3 is 5.97 Å². The van der Waals surface area contributed by atoms with Crippen molar-refractivity contribution < 1.29 is 14.3 Å². The Morgan fingerprint density at radius 3 is 1.71 bits per heavy atom. The van der Waals surface area contributed by atoms with Crippen LogP contribution in [0, 0.1) is 22.7 Å². The first-order valence-electron chi connectivity index (χ1n) is 8.10. The van der Waals surface area contributed by atoms with Gasteiger partial charge in [0.25, 0.3) is 0 Å². The summed E-state index contributed by atoms with van der Waals surface area (Å²) in [6.45, 7) is 20.7. The van der Waals surface area contributed by atoms with E-state index in [1.165, 1.54) is 0 Å². The van der Waals surface area contributed by atoms with Crippen LogP contribution in [0.2, 0.25) is 0 Å². The molecule has 0 aromatic heterocycles. The van der Waals surface area contributed by atoms with Crippen LogP contribution in [0.3, 0.4) is 0 Å². The van der Waals surface area contributed by atoms with E-state index in [1.54, 1.807) is 0 Å². The van der Waals surface area contributed by atoms with Crippen LogP contribution in [0.1, 0.15) is 75.7 Å². The lowest BCUT2D eigenvalue weighted by atomic mass is 9.72. The number of ether oxygens (including phenoxy) is 2. The summed E-state index contributed by atoms with van der Waals surface area (Å²) in [7, 11) is 0. The van der Waals surface area contributed by atoms with E-state index >= 15 is 0 Å². The summed E-state index contributed by atoms with van der Waals surface area (Å²) in [6, 6.07) is 0. The largest absolute Gasteiger partial charge is 0.435 e. The first kappa shape index (κ1) is 20.4. The molecular formula is C18H36O3. The number of carbonyl (C=O) groups is 1. The van der Waals surface area contributed by atoms with Crippen LogP contribution >= 0.6 is 0 Å². The minimum Gasteiger partial charge on any atom is -0.435 e. The molecule has 0 saturated carbocycles. The van der Waals surface area contributed by atoms with Crippen LogP contribution < -0.4 is 0 Å². The van der Waals surface area contributed by atoms with Gasteiger partial charge in [-0.05, 0) is 31.1 Å². The molecule has 0 heterocycles. The summed E-state index contributed by atoms with van der Waals surface area (Å²) < 4.78 is 11.4. The monoisotopic (exact) mass is 300 g/mol. The molecule has 0 radical (unpaired) electrons. The zero-order chi connectivity index (χ0) is 17.0. The quantitative estimate of drug-likeness (QED) is 0.509. The zero-order valence-electron chi connectivity index (χ0n) is 15.7. The standard InChI is InChI=1S/C18H36O3/c1-12(2)16(20-13(3)4)21-15(19)14(18(8,9)10)11-17(5,6)7/h12-14,16H,11H2,1-10H3. The van der Waals surface area contributed by atoms with E-state index in [4.69, 9.17) is 9.47 Å². The van der Waals surface area contributed by atoms with Crippen molar-refractivity contribution in [1.82, 2.24) is 0 Å². The Kier molecular flexibility index (Phi) is 7.41. The Hall–Kier alpha value is -0.570. The zero-order valence-corrected chi connectivity index (χ0v) is 15.7. The smallest absolute Gasteiger partial charge is 0.311 e. The summed E-state index contributed by atoms with van der Waals surface area (Å²) in [5, 5.41) is 0. The van der Waals surface area contributed by atoms with Crippen LogP contribution in [0.4, 0.5) is 0 Å². The Balaban J connectivity index is 5.03. The van der Waals surface area contributed by atoms with E-state index in [0.717, 1.165) is 6.42 Å². The van der Waals surface area contributed by atoms with Crippen molar-refractivity contribution in [2.75, 3.05) is 0 Å². The average Bonchev–Trinajstić information content (AvgIpc) is 2.21. The Bertz CT molecular complexity index is 318. The molecule has 3 heteroatoms. The molecule has 126 valence electrons. The number of carbonyl (C=O) groups excluding carboxylic acids is 1. The molecular weight excluding hydrogens is 264 g/mol. The summed E-state index contributed by atoms with van der Waals surface area (Å²) in [4.78, 5) is 12.7. The molecule has 0 bridgehead atoms. The van der Waals surface area contributed by atoms with Crippen molar-refractivity contribution in [3.63, 3.8) is 0 Å². The van der Waals surface area contributed by atoms with Crippen molar-refractivity contribution in [2.24, 2.45) is 22.7 Å². The molecule has 0 fully saturated rings. The molecule has 0 N–H and O–H groups in total. The van der Waals surface area contributed by atoms with Gasteiger partial charge in [0.1, 0.15) is 0 Å². The van der Waals surface area contributed by atoms with Gasteiger partial charge in [-0.1, -0.05) is 55.4 Å². The molecule has 0 aliphatic rings. The van der Waals surface area contributed by atoms with Gasteiger partial charge in [0.15, 0.2) is 0 Å². The molecule has 0 aromatic rings. The summed E-state index contributed by atoms with van der Waals surface area (Å²) >= 11 is 0. The van der Waals surface area contributed by atoms with Crippen LogP contribution in [0.25, 0.3) is 0 Å². The van der Waals surface area contributed by atoms with Crippen LogP contribution in [-0.2, 0) is 14.3 Å². The topological polar surface area (TPSA) is 35.5 Å². The minimum absolute atomic E-state index is 0.0425. The molecule has 3 nitrogen and oxygen atoms in total. The highest BCUT2D eigenvalue weighted by atomic mass is 16.7. The van der Waals surface area contributed by atoms with E-state index < -0.39 is 6.29 Å². The summed E-state index contributed by atoms with van der Waals surface area (Å²) in [5.74, 6) is -0.127. The van der Waals surface area contributed by atoms with Crippen molar-refractivity contribution in [3.05, 3.63) is 0 Å². The first-order chi connectivity index (χ1) is 9.24. The van der Waals surface area contributed by atoms with Crippen LogP contribution in [-0.4, -0.2) is 18.4 Å². The first-order valence-corrected chi connectivity index (χ1v) is 8.10. The predicted octanol–water partition coefficient (Wildman–Crippen LogP) is 5.04. The van der Waals surface area contributed by atoms with Crippen molar-refractivity contribution in [2.45, 2.75) is 88.1 Å².